The Bertz CT molecular complexity index is 774. The lowest BCUT2D eigenvalue weighted by Gasteiger charge is -2.09. The van der Waals surface area contributed by atoms with E-state index in [-0.39, 0.29) is 17.2 Å². The minimum absolute atomic E-state index is 0.206. The number of halogens is 3. The van der Waals surface area contributed by atoms with Crippen molar-refractivity contribution < 1.29 is 13.2 Å². The molecule has 2 nitrogen and oxygen atoms in total. The van der Waals surface area contributed by atoms with Crippen LogP contribution in [0.1, 0.15) is 42.3 Å². The largest absolute Gasteiger partial charge is 0.416 e. The van der Waals surface area contributed by atoms with Crippen LogP contribution in [0.2, 0.25) is 0 Å². The van der Waals surface area contributed by atoms with Crippen LogP contribution >= 0.6 is 0 Å². The number of nitriles is 1. The van der Waals surface area contributed by atoms with Crippen LogP contribution in [0.25, 0.3) is 11.6 Å². The Balaban J connectivity index is 2.44. The van der Waals surface area contributed by atoms with Gasteiger partial charge in [0, 0.05) is 17.9 Å². The Morgan fingerprint density at radius 3 is 2.48 bits per heavy atom. The van der Waals surface area contributed by atoms with Crippen LogP contribution in [0, 0.1) is 18.3 Å². The molecule has 0 N–H and O–H groups in total. The van der Waals surface area contributed by atoms with Gasteiger partial charge in [0.2, 0.25) is 0 Å². The molecule has 0 unspecified atom stereocenters. The van der Waals surface area contributed by atoms with Crippen LogP contribution in [-0.2, 0) is 6.18 Å². The summed E-state index contributed by atoms with van der Waals surface area (Å²) in [6.45, 7) is 6.03. The molecule has 1 aromatic heterocycles. The summed E-state index contributed by atoms with van der Waals surface area (Å²) in [7, 11) is 0. The second kappa shape index (κ2) is 6.33. The summed E-state index contributed by atoms with van der Waals surface area (Å²) in [5.74, 6) is 0. The van der Waals surface area contributed by atoms with Gasteiger partial charge in [-0.2, -0.15) is 18.4 Å². The number of aromatic nitrogens is 1. The zero-order valence-corrected chi connectivity index (χ0v) is 13.1. The summed E-state index contributed by atoms with van der Waals surface area (Å²) in [4.78, 5) is 0. The lowest BCUT2D eigenvalue weighted by Crippen LogP contribution is -2.04. The van der Waals surface area contributed by atoms with Gasteiger partial charge in [0.25, 0.3) is 0 Å². The number of hydrogen-bond donors (Lipinski definition) is 0. The third kappa shape index (κ3) is 3.84. The maximum absolute atomic E-state index is 12.8. The Morgan fingerprint density at radius 1 is 1.26 bits per heavy atom. The van der Waals surface area contributed by atoms with E-state index in [0.717, 1.165) is 23.4 Å². The summed E-state index contributed by atoms with van der Waals surface area (Å²) >= 11 is 0. The molecule has 2 rings (SSSR count). The van der Waals surface area contributed by atoms with Crippen molar-refractivity contribution in [2.75, 3.05) is 0 Å². The van der Waals surface area contributed by atoms with Crippen LogP contribution in [0.3, 0.4) is 0 Å². The average Bonchev–Trinajstić information content (AvgIpc) is 2.85. The number of aryl methyl sites for hydroxylation is 1. The maximum Gasteiger partial charge on any atom is 0.416 e. The van der Waals surface area contributed by atoms with Crippen LogP contribution in [0.5, 0.6) is 0 Å². The monoisotopic (exact) mass is 318 g/mol. The summed E-state index contributed by atoms with van der Waals surface area (Å²) in [5.41, 5.74) is 1.54. The van der Waals surface area contributed by atoms with Crippen molar-refractivity contribution in [3.8, 4) is 6.07 Å². The molecule has 0 aliphatic rings. The molecule has 0 saturated carbocycles. The first-order valence-electron chi connectivity index (χ1n) is 7.20. The number of benzene rings is 1. The fraction of sp³-hybridized carbons (Fsp3) is 0.278. The molecule has 0 radical (unpaired) electrons. The van der Waals surface area contributed by atoms with Gasteiger partial charge in [-0.05, 0) is 56.2 Å². The van der Waals surface area contributed by atoms with Crippen molar-refractivity contribution >= 4 is 11.6 Å². The van der Waals surface area contributed by atoms with E-state index in [4.69, 9.17) is 0 Å². The Morgan fingerprint density at radius 2 is 1.96 bits per heavy atom. The van der Waals surface area contributed by atoms with Gasteiger partial charge >= 0.3 is 6.18 Å². The third-order valence-electron chi connectivity index (χ3n) is 3.56. The van der Waals surface area contributed by atoms with Gasteiger partial charge < -0.3 is 4.57 Å². The molecule has 0 saturated heterocycles. The molecule has 1 aromatic carbocycles. The summed E-state index contributed by atoms with van der Waals surface area (Å²) in [5, 5.41) is 9.31. The molecule has 1 heterocycles. The number of hydrogen-bond acceptors (Lipinski definition) is 1. The van der Waals surface area contributed by atoms with Gasteiger partial charge in [-0.3, -0.25) is 0 Å². The fourth-order valence-corrected chi connectivity index (χ4v) is 2.46. The first-order valence-corrected chi connectivity index (χ1v) is 7.20. The lowest BCUT2D eigenvalue weighted by molar-refractivity contribution is -0.137. The van der Waals surface area contributed by atoms with E-state index < -0.39 is 11.7 Å². The predicted octanol–water partition coefficient (Wildman–Crippen LogP) is 5.46. The van der Waals surface area contributed by atoms with Crippen molar-refractivity contribution in [1.82, 2.24) is 4.57 Å². The number of alkyl halides is 3. The Kier molecular flexibility index (Phi) is 4.65. The molecule has 2 aromatic rings. The topological polar surface area (TPSA) is 28.7 Å². The van der Waals surface area contributed by atoms with Crippen LogP contribution in [-0.4, -0.2) is 4.57 Å². The zero-order valence-electron chi connectivity index (χ0n) is 13.1. The highest BCUT2D eigenvalue weighted by Gasteiger charge is 2.30. The van der Waals surface area contributed by atoms with Gasteiger partial charge in [-0.1, -0.05) is 12.1 Å². The molecule has 0 amide bonds. The van der Waals surface area contributed by atoms with Crippen molar-refractivity contribution in [1.29, 1.82) is 5.26 Å². The van der Waals surface area contributed by atoms with Gasteiger partial charge in [-0.15, -0.1) is 0 Å². The van der Waals surface area contributed by atoms with E-state index in [1.54, 1.807) is 6.08 Å². The molecule has 120 valence electrons. The van der Waals surface area contributed by atoms with E-state index in [1.807, 2.05) is 43.7 Å². The summed E-state index contributed by atoms with van der Waals surface area (Å²) in [6, 6.07) is 8.99. The Labute approximate surface area is 133 Å². The van der Waals surface area contributed by atoms with Gasteiger partial charge in [0.15, 0.2) is 0 Å². The minimum Gasteiger partial charge on any atom is -0.349 e. The van der Waals surface area contributed by atoms with Crippen LogP contribution in [0.4, 0.5) is 13.2 Å². The van der Waals surface area contributed by atoms with Crippen LogP contribution in [0.15, 0.2) is 36.5 Å². The molecule has 0 spiro atoms. The molecule has 5 heteroatoms. The summed E-state index contributed by atoms with van der Waals surface area (Å²) < 4.78 is 40.5. The second-order valence-corrected chi connectivity index (χ2v) is 5.66. The number of allylic oxidation sites excluding steroid dienone is 1. The molecule has 0 aliphatic carbocycles. The molecule has 0 aliphatic heterocycles. The van der Waals surface area contributed by atoms with Crippen molar-refractivity contribution in [2.24, 2.45) is 0 Å². The van der Waals surface area contributed by atoms with E-state index in [9.17, 15) is 18.4 Å². The van der Waals surface area contributed by atoms with E-state index >= 15 is 0 Å². The number of rotatable bonds is 3. The molecule has 23 heavy (non-hydrogen) atoms. The highest BCUT2D eigenvalue weighted by Crippen LogP contribution is 2.31. The van der Waals surface area contributed by atoms with Crippen LogP contribution < -0.4 is 0 Å². The van der Waals surface area contributed by atoms with Crippen molar-refractivity contribution in [2.45, 2.75) is 33.0 Å². The van der Waals surface area contributed by atoms with E-state index in [0.29, 0.717) is 0 Å². The maximum atomic E-state index is 12.8. The van der Waals surface area contributed by atoms with Gasteiger partial charge in [0.1, 0.15) is 0 Å². The zero-order chi connectivity index (χ0) is 17.2. The van der Waals surface area contributed by atoms with E-state index in [1.165, 1.54) is 12.1 Å². The standard InChI is InChI=1S/C18H17F3N2/c1-12(2)23-11-14(7-13(23)3)8-16(10-22)15-5-4-6-17(9-15)18(19,20)21/h4-9,11-12H,1-3H3/b16-8+. The Hall–Kier alpha value is -2.48. The average molecular weight is 318 g/mol. The molecular formula is C18H17F3N2. The normalized spacial score (nSPS) is 12.5. The first kappa shape index (κ1) is 16.9. The number of nitrogens with zero attached hydrogens (tertiary/aromatic N) is 2. The highest BCUT2D eigenvalue weighted by molar-refractivity contribution is 5.89. The van der Waals surface area contributed by atoms with Gasteiger partial charge in [-0.25, -0.2) is 0 Å². The molecule has 0 atom stereocenters. The van der Waals surface area contributed by atoms with Crippen molar-refractivity contribution in [3.05, 3.63) is 58.9 Å². The highest BCUT2D eigenvalue weighted by atomic mass is 19.4. The fourth-order valence-electron chi connectivity index (χ4n) is 2.46. The predicted molar refractivity (Wildman–Crippen MR) is 84.5 cm³/mol. The first-order chi connectivity index (χ1) is 10.7. The lowest BCUT2D eigenvalue weighted by atomic mass is 10.0. The molecule has 0 bridgehead atoms. The summed E-state index contributed by atoms with van der Waals surface area (Å²) in [6.07, 6.45) is -0.916. The van der Waals surface area contributed by atoms with Gasteiger partial charge in [0.05, 0.1) is 17.2 Å². The molecule has 0 fully saturated rings. The minimum atomic E-state index is -4.42. The SMILES string of the molecule is Cc1cc(/C=C(\C#N)c2cccc(C(F)(F)F)c2)cn1C(C)C. The second-order valence-electron chi connectivity index (χ2n) is 5.66. The quantitative estimate of drug-likeness (QED) is 0.691. The smallest absolute Gasteiger partial charge is 0.349 e. The van der Waals surface area contributed by atoms with E-state index in [2.05, 4.69) is 0 Å². The third-order valence-corrected chi connectivity index (χ3v) is 3.56. The van der Waals surface area contributed by atoms with Crippen molar-refractivity contribution in [3.63, 3.8) is 0 Å². The molecular weight excluding hydrogens is 301 g/mol.